The van der Waals surface area contributed by atoms with Crippen LogP contribution in [0.3, 0.4) is 0 Å². The number of benzene rings is 1. The van der Waals surface area contributed by atoms with Crippen LogP contribution in [0.1, 0.15) is 12.8 Å². The normalized spacial score (nSPS) is 18.0. The van der Waals surface area contributed by atoms with Crippen LogP contribution in [0, 0.1) is 0 Å². The van der Waals surface area contributed by atoms with Crippen LogP contribution < -0.4 is 10.1 Å². The Labute approximate surface area is 82.9 Å². The summed E-state index contributed by atoms with van der Waals surface area (Å²) in [6.45, 7) is 0. The third-order valence-corrected chi connectivity index (χ3v) is 2.49. The molecule has 0 saturated heterocycles. The van der Waals surface area contributed by atoms with Gasteiger partial charge in [-0.1, -0.05) is 18.2 Å². The molecule has 3 rings (SSSR count). The SMILES string of the molecule is C1=C2Nc3ccccc3OC2=CCC1. The van der Waals surface area contributed by atoms with E-state index in [1.807, 2.05) is 24.3 Å². The first-order chi connectivity index (χ1) is 6.93. The molecule has 1 aliphatic heterocycles. The van der Waals surface area contributed by atoms with E-state index in [0.29, 0.717) is 0 Å². The van der Waals surface area contributed by atoms with Crippen molar-refractivity contribution in [3.63, 3.8) is 0 Å². The molecule has 0 fully saturated rings. The van der Waals surface area contributed by atoms with Crippen LogP contribution in [0.15, 0.2) is 47.9 Å². The maximum absolute atomic E-state index is 5.77. The van der Waals surface area contributed by atoms with Crippen LogP contribution in [0.4, 0.5) is 5.69 Å². The second-order valence-corrected chi connectivity index (χ2v) is 3.49. The van der Waals surface area contributed by atoms with Gasteiger partial charge < -0.3 is 10.1 Å². The maximum atomic E-state index is 5.77. The molecule has 2 nitrogen and oxygen atoms in total. The summed E-state index contributed by atoms with van der Waals surface area (Å²) in [7, 11) is 0. The Morgan fingerprint density at radius 3 is 2.93 bits per heavy atom. The first kappa shape index (κ1) is 7.68. The molecule has 14 heavy (non-hydrogen) atoms. The van der Waals surface area contributed by atoms with E-state index in [0.717, 1.165) is 35.7 Å². The number of ether oxygens (including phenoxy) is 1. The van der Waals surface area contributed by atoms with E-state index < -0.39 is 0 Å². The molecule has 0 saturated carbocycles. The number of rotatable bonds is 0. The molecule has 0 spiro atoms. The Kier molecular flexibility index (Phi) is 1.60. The van der Waals surface area contributed by atoms with E-state index in [1.165, 1.54) is 0 Å². The van der Waals surface area contributed by atoms with Gasteiger partial charge in [0.15, 0.2) is 5.75 Å². The summed E-state index contributed by atoms with van der Waals surface area (Å²) in [6, 6.07) is 8.00. The fourth-order valence-electron chi connectivity index (χ4n) is 1.78. The molecule has 0 radical (unpaired) electrons. The van der Waals surface area contributed by atoms with Gasteiger partial charge in [-0.05, 0) is 31.1 Å². The highest BCUT2D eigenvalue weighted by atomic mass is 16.5. The summed E-state index contributed by atoms with van der Waals surface area (Å²) in [5, 5.41) is 3.37. The molecule has 0 amide bonds. The van der Waals surface area contributed by atoms with Gasteiger partial charge in [0, 0.05) is 0 Å². The van der Waals surface area contributed by atoms with E-state index in [1.54, 1.807) is 0 Å². The third-order valence-electron chi connectivity index (χ3n) is 2.49. The number of hydrogen-bond donors (Lipinski definition) is 1. The zero-order valence-electron chi connectivity index (χ0n) is 7.79. The van der Waals surface area contributed by atoms with Crippen molar-refractivity contribution in [2.24, 2.45) is 0 Å². The zero-order chi connectivity index (χ0) is 9.38. The van der Waals surface area contributed by atoms with Gasteiger partial charge in [0.05, 0.1) is 11.4 Å². The van der Waals surface area contributed by atoms with Gasteiger partial charge >= 0.3 is 0 Å². The Morgan fingerprint density at radius 2 is 1.93 bits per heavy atom. The standard InChI is InChI=1S/C12H11NO/c1-3-7-11-9(5-1)13-10-6-2-4-8-12(10)14-11/h1,3,5-8,13H,2,4H2. The van der Waals surface area contributed by atoms with Crippen molar-refractivity contribution in [3.8, 4) is 5.75 Å². The highest BCUT2D eigenvalue weighted by Gasteiger charge is 2.19. The molecular weight excluding hydrogens is 174 g/mol. The van der Waals surface area contributed by atoms with Crippen LogP contribution in [0.25, 0.3) is 0 Å². The minimum atomic E-state index is 0.915. The van der Waals surface area contributed by atoms with Crippen LogP contribution >= 0.6 is 0 Å². The van der Waals surface area contributed by atoms with Crippen LogP contribution in [0.2, 0.25) is 0 Å². The summed E-state index contributed by atoms with van der Waals surface area (Å²) in [5.41, 5.74) is 2.16. The van der Waals surface area contributed by atoms with E-state index in [2.05, 4.69) is 17.5 Å². The van der Waals surface area contributed by atoms with Gasteiger partial charge in [0.25, 0.3) is 0 Å². The molecule has 0 unspecified atom stereocenters. The van der Waals surface area contributed by atoms with Gasteiger partial charge in [-0.15, -0.1) is 0 Å². The summed E-state index contributed by atoms with van der Waals surface area (Å²) < 4.78 is 5.77. The molecule has 0 atom stereocenters. The second kappa shape index (κ2) is 2.91. The highest BCUT2D eigenvalue weighted by Crippen LogP contribution is 2.35. The average molecular weight is 185 g/mol. The first-order valence-electron chi connectivity index (χ1n) is 4.88. The molecule has 1 aromatic rings. The maximum Gasteiger partial charge on any atom is 0.150 e. The van der Waals surface area contributed by atoms with Crippen molar-refractivity contribution in [3.05, 3.63) is 47.9 Å². The van der Waals surface area contributed by atoms with Crippen molar-refractivity contribution in [2.75, 3.05) is 5.32 Å². The molecule has 1 aliphatic carbocycles. The molecule has 1 aromatic carbocycles. The smallest absolute Gasteiger partial charge is 0.150 e. The average Bonchev–Trinajstić information content (AvgIpc) is 2.26. The van der Waals surface area contributed by atoms with E-state index in [-0.39, 0.29) is 0 Å². The van der Waals surface area contributed by atoms with Crippen molar-refractivity contribution < 1.29 is 4.74 Å². The van der Waals surface area contributed by atoms with Gasteiger partial charge in [-0.3, -0.25) is 0 Å². The molecule has 1 N–H and O–H groups in total. The minimum absolute atomic E-state index is 0.915. The van der Waals surface area contributed by atoms with Crippen molar-refractivity contribution in [1.29, 1.82) is 0 Å². The Bertz CT molecular complexity index is 391. The number of para-hydroxylation sites is 2. The molecule has 0 aromatic heterocycles. The lowest BCUT2D eigenvalue weighted by atomic mass is 10.1. The number of hydrogen-bond acceptors (Lipinski definition) is 2. The molecular formula is C12H11NO. The Hall–Kier alpha value is -1.70. The van der Waals surface area contributed by atoms with Crippen molar-refractivity contribution in [1.82, 2.24) is 0 Å². The number of anilines is 1. The zero-order valence-corrected chi connectivity index (χ0v) is 7.79. The monoisotopic (exact) mass is 185 g/mol. The van der Waals surface area contributed by atoms with Gasteiger partial charge in [-0.25, -0.2) is 0 Å². The second-order valence-electron chi connectivity index (χ2n) is 3.49. The predicted molar refractivity (Wildman–Crippen MR) is 56.1 cm³/mol. The molecule has 0 bridgehead atoms. The largest absolute Gasteiger partial charge is 0.453 e. The lowest BCUT2D eigenvalue weighted by Crippen LogP contribution is -2.16. The predicted octanol–water partition coefficient (Wildman–Crippen LogP) is 3.05. The van der Waals surface area contributed by atoms with Gasteiger partial charge in [-0.2, -0.15) is 0 Å². The van der Waals surface area contributed by atoms with Crippen LogP contribution in [-0.4, -0.2) is 0 Å². The Balaban J connectivity index is 2.07. The summed E-state index contributed by atoms with van der Waals surface area (Å²) in [4.78, 5) is 0. The third kappa shape index (κ3) is 1.11. The fraction of sp³-hybridized carbons (Fsp3) is 0.167. The van der Waals surface area contributed by atoms with Gasteiger partial charge in [0.1, 0.15) is 5.76 Å². The lowest BCUT2D eigenvalue weighted by molar-refractivity contribution is 0.424. The van der Waals surface area contributed by atoms with Crippen molar-refractivity contribution in [2.45, 2.75) is 12.8 Å². The molecule has 2 aliphatic rings. The summed E-state index contributed by atoms with van der Waals surface area (Å²) >= 11 is 0. The minimum Gasteiger partial charge on any atom is -0.453 e. The van der Waals surface area contributed by atoms with E-state index in [4.69, 9.17) is 4.74 Å². The first-order valence-corrected chi connectivity index (χ1v) is 4.88. The van der Waals surface area contributed by atoms with E-state index in [9.17, 15) is 0 Å². The van der Waals surface area contributed by atoms with Crippen LogP contribution in [0.5, 0.6) is 5.75 Å². The topological polar surface area (TPSA) is 21.3 Å². The highest BCUT2D eigenvalue weighted by molar-refractivity contribution is 5.65. The number of nitrogens with one attached hydrogen (secondary N) is 1. The molecule has 70 valence electrons. The van der Waals surface area contributed by atoms with E-state index >= 15 is 0 Å². The number of allylic oxidation sites excluding steroid dienone is 2. The Morgan fingerprint density at radius 1 is 1.07 bits per heavy atom. The molecule has 1 heterocycles. The van der Waals surface area contributed by atoms with Gasteiger partial charge in [0.2, 0.25) is 0 Å². The fourth-order valence-corrected chi connectivity index (χ4v) is 1.78. The van der Waals surface area contributed by atoms with Crippen LogP contribution in [-0.2, 0) is 0 Å². The van der Waals surface area contributed by atoms with Crippen molar-refractivity contribution >= 4 is 5.69 Å². The quantitative estimate of drug-likeness (QED) is 0.670. The number of fused-ring (bicyclic) bond motifs is 2. The lowest BCUT2D eigenvalue weighted by Gasteiger charge is -2.25. The molecule has 2 heteroatoms. The summed E-state index contributed by atoms with van der Waals surface area (Å²) in [5.74, 6) is 1.88. The summed E-state index contributed by atoms with van der Waals surface area (Å²) in [6.07, 6.45) is 6.49.